The van der Waals surface area contributed by atoms with Crippen molar-refractivity contribution in [2.45, 2.75) is 11.8 Å². The van der Waals surface area contributed by atoms with Crippen LogP contribution in [0.1, 0.15) is 12.0 Å². The number of fused-ring (bicyclic) bond motifs is 2. The first-order chi connectivity index (χ1) is 16.5. The summed E-state index contributed by atoms with van der Waals surface area (Å²) < 4.78 is 16.0. The Balaban J connectivity index is 1.30. The van der Waals surface area contributed by atoms with E-state index in [1.165, 1.54) is 10.6 Å². The Bertz CT molecular complexity index is 1480. The maximum atomic E-state index is 14.6. The Hall–Kier alpha value is -3.30. The lowest BCUT2D eigenvalue weighted by molar-refractivity contribution is 0.533. The summed E-state index contributed by atoms with van der Waals surface area (Å²) in [7, 11) is 1.64. The Morgan fingerprint density at radius 3 is 2.91 bits per heavy atom. The average molecular weight is 480 g/mol. The molecule has 3 N–H and O–H groups in total. The zero-order valence-electron chi connectivity index (χ0n) is 18.5. The summed E-state index contributed by atoms with van der Waals surface area (Å²) in [6.45, 7) is 1.94. The number of nitrogens with one attached hydrogen (secondary N) is 1. The number of aromatic nitrogens is 5. The number of anilines is 1. The van der Waals surface area contributed by atoms with Crippen molar-refractivity contribution < 1.29 is 4.39 Å². The lowest BCUT2D eigenvalue weighted by Gasteiger charge is -2.26. The van der Waals surface area contributed by atoms with Crippen molar-refractivity contribution in [1.82, 2.24) is 24.7 Å². The second kappa shape index (κ2) is 7.61. The number of aryl methyl sites for hydroxylation is 1. The highest BCUT2D eigenvalue weighted by Crippen LogP contribution is 2.63. The zero-order valence-corrected chi connectivity index (χ0v) is 19.3. The molecule has 3 aromatic heterocycles. The minimum Gasteiger partial charge on any atom is -0.355 e. The van der Waals surface area contributed by atoms with Gasteiger partial charge in [-0.3, -0.25) is 9.89 Å². The number of H-pyrrole nitrogens is 1. The zero-order chi connectivity index (χ0) is 23.6. The van der Waals surface area contributed by atoms with Crippen LogP contribution < -0.4 is 16.2 Å². The van der Waals surface area contributed by atoms with Gasteiger partial charge in [0.2, 0.25) is 0 Å². The highest BCUT2D eigenvalue weighted by molar-refractivity contribution is 6.33. The van der Waals surface area contributed by atoms with Gasteiger partial charge in [0.25, 0.3) is 5.56 Å². The number of nitrogens with two attached hydrogens (primary N) is 1. The molecule has 0 unspecified atom stereocenters. The number of benzene rings is 1. The van der Waals surface area contributed by atoms with Crippen LogP contribution in [0.3, 0.4) is 0 Å². The fourth-order valence-electron chi connectivity index (χ4n) is 5.75. The standard InChI is InChI=1S/C24H23ClFN7O/c1-32-8-6-13(19(25)23(32)34)20-21-22(31-30-20)29-18(10-28-21)33-9-7-14-16(11-33)24(14,12-27)15-4-2-3-5-17(15)26/h2-6,8,10,14,16H,7,9,11-12,27H2,1H3,(H,29,30,31)/t14-,16+,24-/m1/s1. The van der Waals surface area contributed by atoms with Crippen LogP contribution in [0.15, 0.2) is 47.5 Å². The summed E-state index contributed by atoms with van der Waals surface area (Å²) in [5.41, 5.74) is 8.37. The second-order valence-corrected chi connectivity index (χ2v) is 9.51. The predicted octanol–water partition coefficient (Wildman–Crippen LogP) is 2.86. The maximum absolute atomic E-state index is 14.6. The number of aromatic amines is 1. The molecule has 10 heteroatoms. The van der Waals surface area contributed by atoms with Gasteiger partial charge < -0.3 is 15.2 Å². The molecule has 0 amide bonds. The van der Waals surface area contributed by atoms with E-state index in [0.29, 0.717) is 34.9 Å². The number of hydrogen-bond donors (Lipinski definition) is 2. The predicted molar refractivity (Wildman–Crippen MR) is 128 cm³/mol. The molecule has 1 saturated carbocycles. The van der Waals surface area contributed by atoms with E-state index in [-0.39, 0.29) is 27.7 Å². The molecule has 1 saturated heterocycles. The SMILES string of the molecule is Cn1ccc(-c2n[nH]c3nc(N4CC[C@@H]5[C@H](C4)[C@@]5(CN)c4ccccc4F)cnc23)c(Cl)c1=O. The third-order valence-electron chi connectivity index (χ3n) is 7.59. The topological polar surface area (TPSA) is 106 Å². The van der Waals surface area contributed by atoms with Crippen LogP contribution in [-0.4, -0.2) is 44.4 Å². The van der Waals surface area contributed by atoms with Crippen LogP contribution in [0, 0.1) is 17.7 Å². The van der Waals surface area contributed by atoms with Gasteiger partial charge in [-0.15, -0.1) is 0 Å². The van der Waals surface area contributed by atoms with Gasteiger partial charge >= 0.3 is 0 Å². The fourth-order valence-corrected chi connectivity index (χ4v) is 6.03. The molecule has 8 nitrogen and oxygen atoms in total. The van der Waals surface area contributed by atoms with Gasteiger partial charge in [-0.1, -0.05) is 29.8 Å². The van der Waals surface area contributed by atoms with E-state index in [1.807, 2.05) is 12.1 Å². The molecule has 2 fully saturated rings. The molecule has 174 valence electrons. The van der Waals surface area contributed by atoms with Crippen molar-refractivity contribution in [2.24, 2.45) is 24.6 Å². The smallest absolute Gasteiger partial charge is 0.269 e. The van der Waals surface area contributed by atoms with E-state index in [0.717, 1.165) is 30.9 Å². The van der Waals surface area contributed by atoms with E-state index >= 15 is 0 Å². The lowest BCUT2D eigenvalue weighted by atomic mass is 9.91. The Kier molecular flexibility index (Phi) is 4.76. The quantitative estimate of drug-likeness (QED) is 0.466. The van der Waals surface area contributed by atoms with Crippen LogP contribution in [0.2, 0.25) is 5.02 Å². The first-order valence-electron chi connectivity index (χ1n) is 11.2. The van der Waals surface area contributed by atoms with Gasteiger partial charge in [-0.05, 0) is 36.0 Å². The van der Waals surface area contributed by atoms with Gasteiger partial charge in [0.05, 0.1) is 6.20 Å². The number of halogens is 2. The molecular formula is C24H23ClFN7O. The Labute approximate surface area is 199 Å². The molecule has 1 aromatic carbocycles. The fraction of sp³-hybridized carbons (Fsp3) is 0.333. The Morgan fingerprint density at radius 1 is 1.29 bits per heavy atom. The van der Waals surface area contributed by atoms with Crippen LogP contribution in [0.5, 0.6) is 0 Å². The largest absolute Gasteiger partial charge is 0.355 e. The third kappa shape index (κ3) is 2.93. The summed E-state index contributed by atoms with van der Waals surface area (Å²) in [6.07, 6.45) is 4.27. The Morgan fingerprint density at radius 2 is 2.12 bits per heavy atom. The molecule has 0 radical (unpaired) electrons. The molecule has 34 heavy (non-hydrogen) atoms. The van der Waals surface area contributed by atoms with E-state index in [1.54, 1.807) is 31.6 Å². The van der Waals surface area contributed by atoms with Crippen molar-refractivity contribution in [3.8, 4) is 11.3 Å². The first kappa shape index (κ1) is 21.2. The first-order valence-corrected chi connectivity index (χ1v) is 11.6. The van der Waals surface area contributed by atoms with Crippen LogP contribution in [-0.2, 0) is 12.5 Å². The summed E-state index contributed by atoms with van der Waals surface area (Å²) in [6, 6.07) is 8.71. The van der Waals surface area contributed by atoms with Crippen LogP contribution >= 0.6 is 11.6 Å². The van der Waals surface area contributed by atoms with E-state index in [4.69, 9.17) is 22.3 Å². The molecule has 4 heterocycles. The lowest BCUT2D eigenvalue weighted by Crippen LogP contribution is -2.32. The second-order valence-electron chi connectivity index (χ2n) is 9.13. The normalized spacial score (nSPS) is 23.8. The average Bonchev–Trinajstić information content (AvgIpc) is 3.32. The van der Waals surface area contributed by atoms with E-state index in [2.05, 4.69) is 20.1 Å². The van der Waals surface area contributed by atoms with Crippen molar-refractivity contribution in [1.29, 1.82) is 0 Å². The number of hydrogen-bond acceptors (Lipinski definition) is 6. The van der Waals surface area contributed by atoms with Crippen molar-refractivity contribution in [3.63, 3.8) is 0 Å². The summed E-state index contributed by atoms with van der Waals surface area (Å²) in [5, 5.41) is 7.34. The van der Waals surface area contributed by atoms with Gasteiger partial charge in [-0.25, -0.2) is 14.4 Å². The highest BCUT2D eigenvalue weighted by Gasteiger charge is 2.66. The van der Waals surface area contributed by atoms with Crippen molar-refractivity contribution >= 4 is 28.6 Å². The number of nitrogens with zero attached hydrogens (tertiary/aromatic N) is 5. The van der Waals surface area contributed by atoms with Crippen LogP contribution in [0.25, 0.3) is 22.4 Å². The molecule has 0 spiro atoms. The number of rotatable bonds is 4. The van der Waals surface area contributed by atoms with Gasteiger partial charge in [0, 0.05) is 43.9 Å². The third-order valence-corrected chi connectivity index (χ3v) is 7.95. The molecule has 1 aliphatic carbocycles. The molecule has 2 aliphatic rings. The molecular weight excluding hydrogens is 457 g/mol. The number of pyridine rings is 1. The van der Waals surface area contributed by atoms with Gasteiger partial charge in [0.1, 0.15) is 27.9 Å². The number of piperidine rings is 1. The molecule has 1 aliphatic heterocycles. The summed E-state index contributed by atoms with van der Waals surface area (Å²) in [4.78, 5) is 23.8. The van der Waals surface area contributed by atoms with Crippen molar-refractivity contribution in [3.05, 3.63) is 69.5 Å². The highest BCUT2D eigenvalue weighted by atomic mass is 35.5. The molecule has 3 atom stereocenters. The van der Waals surface area contributed by atoms with E-state index < -0.39 is 0 Å². The van der Waals surface area contributed by atoms with Crippen molar-refractivity contribution in [2.75, 3.05) is 24.5 Å². The minimum absolute atomic E-state index is 0.0892. The molecule has 0 bridgehead atoms. The van der Waals surface area contributed by atoms with Gasteiger partial charge in [0.15, 0.2) is 5.65 Å². The molecule has 6 rings (SSSR count). The minimum atomic E-state index is -0.324. The summed E-state index contributed by atoms with van der Waals surface area (Å²) >= 11 is 6.29. The van der Waals surface area contributed by atoms with E-state index in [9.17, 15) is 9.18 Å². The monoisotopic (exact) mass is 479 g/mol. The van der Waals surface area contributed by atoms with Crippen LogP contribution in [0.4, 0.5) is 10.2 Å². The maximum Gasteiger partial charge on any atom is 0.269 e. The summed E-state index contributed by atoms with van der Waals surface area (Å²) in [5.74, 6) is 1.17. The molecule has 4 aromatic rings. The van der Waals surface area contributed by atoms with Gasteiger partial charge in [-0.2, -0.15) is 5.10 Å².